The van der Waals surface area contributed by atoms with Crippen molar-refractivity contribution in [2.75, 3.05) is 27.4 Å². The molecular formula is C11H22O3. The lowest BCUT2D eigenvalue weighted by molar-refractivity contribution is -0.135. The molecule has 0 aliphatic carbocycles. The first-order valence-electron chi connectivity index (χ1n) is 5.32. The van der Waals surface area contributed by atoms with Gasteiger partial charge in [0.05, 0.1) is 25.4 Å². The van der Waals surface area contributed by atoms with Crippen molar-refractivity contribution in [3.63, 3.8) is 0 Å². The highest BCUT2D eigenvalue weighted by molar-refractivity contribution is 4.80. The minimum atomic E-state index is 0.253. The predicted molar refractivity (Wildman–Crippen MR) is 55.4 cm³/mol. The molecule has 1 heterocycles. The molecular weight excluding hydrogens is 180 g/mol. The van der Waals surface area contributed by atoms with Crippen LogP contribution in [0.25, 0.3) is 0 Å². The smallest absolute Gasteiger partial charge is 0.0837 e. The quantitative estimate of drug-likeness (QED) is 0.694. The lowest BCUT2D eigenvalue weighted by Crippen LogP contribution is -2.42. The molecule has 1 aliphatic rings. The van der Waals surface area contributed by atoms with Crippen molar-refractivity contribution in [1.82, 2.24) is 0 Å². The summed E-state index contributed by atoms with van der Waals surface area (Å²) in [5, 5.41) is 0. The molecule has 0 bridgehead atoms. The largest absolute Gasteiger partial charge is 0.384 e. The highest BCUT2D eigenvalue weighted by atomic mass is 16.5. The SMILES string of the molecule is COCC1CC(C)C(COC)OC1C. The van der Waals surface area contributed by atoms with Gasteiger partial charge in [-0.1, -0.05) is 6.92 Å². The van der Waals surface area contributed by atoms with Gasteiger partial charge in [-0.2, -0.15) is 0 Å². The minimum Gasteiger partial charge on any atom is -0.384 e. The Balaban J connectivity index is 2.44. The summed E-state index contributed by atoms with van der Waals surface area (Å²) in [5.74, 6) is 1.09. The molecule has 3 nitrogen and oxygen atoms in total. The van der Waals surface area contributed by atoms with Gasteiger partial charge in [-0.15, -0.1) is 0 Å². The first-order valence-corrected chi connectivity index (χ1v) is 5.32. The van der Waals surface area contributed by atoms with E-state index in [1.54, 1.807) is 14.2 Å². The molecule has 0 N–H and O–H groups in total. The maximum absolute atomic E-state index is 5.90. The Labute approximate surface area is 86.7 Å². The molecule has 84 valence electrons. The van der Waals surface area contributed by atoms with Crippen LogP contribution in [0.15, 0.2) is 0 Å². The van der Waals surface area contributed by atoms with Crippen molar-refractivity contribution in [2.45, 2.75) is 32.5 Å². The van der Waals surface area contributed by atoms with Gasteiger partial charge in [0.15, 0.2) is 0 Å². The second kappa shape index (κ2) is 5.69. The van der Waals surface area contributed by atoms with Crippen LogP contribution >= 0.6 is 0 Å². The van der Waals surface area contributed by atoms with Gasteiger partial charge in [0.1, 0.15) is 0 Å². The second-order valence-electron chi connectivity index (χ2n) is 4.26. The zero-order valence-electron chi connectivity index (χ0n) is 9.66. The fourth-order valence-corrected chi connectivity index (χ4v) is 2.13. The van der Waals surface area contributed by atoms with Crippen LogP contribution in [0.3, 0.4) is 0 Å². The Kier molecular flexibility index (Phi) is 4.85. The van der Waals surface area contributed by atoms with E-state index in [0.29, 0.717) is 18.4 Å². The van der Waals surface area contributed by atoms with Crippen LogP contribution in [0.2, 0.25) is 0 Å². The Morgan fingerprint density at radius 1 is 1.14 bits per heavy atom. The van der Waals surface area contributed by atoms with Crippen LogP contribution in [-0.4, -0.2) is 39.6 Å². The summed E-state index contributed by atoms with van der Waals surface area (Å²) in [7, 11) is 3.47. The fraction of sp³-hybridized carbons (Fsp3) is 1.00. The van der Waals surface area contributed by atoms with E-state index in [9.17, 15) is 0 Å². The van der Waals surface area contributed by atoms with Gasteiger partial charge in [0.2, 0.25) is 0 Å². The highest BCUT2D eigenvalue weighted by Crippen LogP contribution is 2.29. The Morgan fingerprint density at radius 3 is 2.36 bits per heavy atom. The van der Waals surface area contributed by atoms with Crippen molar-refractivity contribution in [3.8, 4) is 0 Å². The van der Waals surface area contributed by atoms with E-state index in [1.807, 2.05) is 0 Å². The van der Waals surface area contributed by atoms with Crippen molar-refractivity contribution in [1.29, 1.82) is 0 Å². The maximum atomic E-state index is 5.90. The van der Waals surface area contributed by atoms with Crippen LogP contribution in [0.4, 0.5) is 0 Å². The van der Waals surface area contributed by atoms with Crippen molar-refractivity contribution in [2.24, 2.45) is 11.8 Å². The lowest BCUT2D eigenvalue weighted by atomic mass is 9.86. The third kappa shape index (κ3) is 2.94. The molecule has 1 fully saturated rings. The van der Waals surface area contributed by atoms with E-state index >= 15 is 0 Å². The van der Waals surface area contributed by atoms with Crippen LogP contribution < -0.4 is 0 Å². The topological polar surface area (TPSA) is 27.7 Å². The average Bonchev–Trinajstić information content (AvgIpc) is 2.14. The summed E-state index contributed by atoms with van der Waals surface area (Å²) < 4.78 is 16.2. The van der Waals surface area contributed by atoms with Crippen molar-refractivity contribution >= 4 is 0 Å². The summed E-state index contributed by atoms with van der Waals surface area (Å²) in [6, 6.07) is 0. The summed E-state index contributed by atoms with van der Waals surface area (Å²) in [4.78, 5) is 0. The average molecular weight is 202 g/mol. The van der Waals surface area contributed by atoms with E-state index in [2.05, 4.69) is 13.8 Å². The van der Waals surface area contributed by atoms with Crippen LogP contribution in [-0.2, 0) is 14.2 Å². The van der Waals surface area contributed by atoms with Crippen LogP contribution in [0, 0.1) is 11.8 Å². The highest BCUT2D eigenvalue weighted by Gasteiger charge is 2.33. The lowest BCUT2D eigenvalue weighted by Gasteiger charge is -2.38. The minimum absolute atomic E-state index is 0.253. The zero-order valence-corrected chi connectivity index (χ0v) is 9.66. The first kappa shape index (κ1) is 12.0. The van der Waals surface area contributed by atoms with E-state index in [1.165, 1.54) is 6.42 Å². The van der Waals surface area contributed by atoms with Gasteiger partial charge in [-0.05, 0) is 19.3 Å². The number of rotatable bonds is 4. The Morgan fingerprint density at radius 2 is 1.79 bits per heavy atom. The number of hydrogen-bond acceptors (Lipinski definition) is 3. The number of ether oxygens (including phenoxy) is 3. The summed E-state index contributed by atoms with van der Waals surface area (Å²) in [5.41, 5.74) is 0. The molecule has 0 aromatic carbocycles. The zero-order chi connectivity index (χ0) is 10.6. The molecule has 4 atom stereocenters. The Bertz CT molecular complexity index is 143. The molecule has 1 rings (SSSR count). The molecule has 1 saturated heterocycles. The predicted octanol–water partition coefficient (Wildman–Crippen LogP) is 1.71. The number of methoxy groups -OCH3 is 2. The molecule has 0 radical (unpaired) electrons. The molecule has 14 heavy (non-hydrogen) atoms. The molecule has 0 aromatic rings. The Hall–Kier alpha value is -0.120. The molecule has 0 spiro atoms. The standard InChI is InChI=1S/C11H22O3/c1-8-5-10(6-12-3)9(2)14-11(8)7-13-4/h8-11H,5-7H2,1-4H3. The van der Waals surface area contributed by atoms with Crippen LogP contribution in [0.5, 0.6) is 0 Å². The van der Waals surface area contributed by atoms with Crippen molar-refractivity contribution in [3.05, 3.63) is 0 Å². The van der Waals surface area contributed by atoms with E-state index in [-0.39, 0.29) is 12.2 Å². The van der Waals surface area contributed by atoms with E-state index < -0.39 is 0 Å². The van der Waals surface area contributed by atoms with Gasteiger partial charge in [-0.25, -0.2) is 0 Å². The molecule has 3 heteroatoms. The molecule has 0 aromatic heterocycles. The molecule has 0 amide bonds. The fourth-order valence-electron chi connectivity index (χ4n) is 2.13. The maximum Gasteiger partial charge on any atom is 0.0837 e. The second-order valence-corrected chi connectivity index (χ2v) is 4.26. The molecule has 4 unspecified atom stereocenters. The van der Waals surface area contributed by atoms with E-state index in [4.69, 9.17) is 14.2 Å². The van der Waals surface area contributed by atoms with Gasteiger partial charge in [0, 0.05) is 20.1 Å². The van der Waals surface area contributed by atoms with Gasteiger partial charge >= 0.3 is 0 Å². The third-order valence-electron chi connectivity index (χ3n) is 3.07. The van der Waals surface area contributed by atoms with Gasteiger partial charge < -0.3 is 14.2 Å². The van der Waals surface area contributed by atoms with Gasteiger partial charge in [-0.3, -0.25) is 0 Å². The molecule has 0 saturated carbocycles. The summed E-state index contributed by atoms with van der Waals surface area (Å²) in [6.45, 7) is 5.84. The van der Waals surface area contributed by atoms with E-state index in [0.717, 1.165) is 6.61 Å². The monoisotopic (exact) mass is 202 g/mol. The van der Waals surface area contributed by atoms with Gasteiger partial charge in [0.25, 0.3) is 0 Å². The first-order chi connectivity index (χ1) is 6.69. The third-order valence-corrected chi connectivity index (χ3v) is 3.07. The van der Waals surface area contributed by atoms with Crippen molar-refractivity contribution < 1.29 is 14.2 Å². The molecule has 1 aliphatic heterocycles. The van der Waals surface area contributed by atoms with Crippen LogP contribution in [0.1, 0.15) is 20.3 Å². The normalized spacial score (nSPS) is 38.6. The number of hydrogen-bond donors (Lipinski definition) is 0. The summed E-state index contributed by atoms with van der Waals surface area (Å²) >= 11 is 0. The summed E-state index contributed by atoms with van der Waals surface area (Å²) in [6.07, 6.45) is 1.71.